The highest BCUT2D eigenvalue weighted by Gasteiger charge is 2.49. The number of nitrogens with zero attached hydrogens (tertiary/aromatic N) is 2. The maximum absolute atomic E-state index is 14.0. The van der Waals surface area contributed by atoms with E-state index >= 15 is 0 Å². The molecule has 0 radical (unpaired) electrons. The van der Waals surface area contributed by atoms with Crippen LogP contribution in [0.2, 0.25) is 0 Å². The van der Waals surface area contributed by atoms with Crippen LogP contribution in [0.4, 0.5) is 15.8 Å². The number of piperazine rings is 1. The van der Waals surface area contributed by atoms with Crippen LogP contribution < -0.4 is 10.2 Å². The highest BCUT2D eigenvalue weighted by atomic mass is 19.1. The zero-order valence-corrected chi connectivity index (χ0v) is 16.6. The van der Waals surface area contributed by atoms with Crippen LogP contribution >= 0.6 is 0 Å². The Morgan fingerprint density at radius 1 is 1.00 bits per heavy atom. The summed E-state index contributed by atoms with van der Waals surface area (Å²) in [4.78, 5) is 29.0. The maximum Gasteiger partial charge on any atom is 0.228 e. The lowest BCUT2D eigenvalue weighted by molar-refractivity contribution is -0.134. The van der Waals surface area contributed by atoms with Crippen LogP contribution in [-0.4, -0.2) is 42.9 Å². The molecule has 0 aromatic heterocycles. The summed E-state index contributed by atoms with van der Waals surface area (Å²) in [6.07, 6.45) is 1.56. The molecule has 29 heavy (non-hydrogen) atoms. The van der Waals surface area contributed by atoms with Gasteiger partial charge in [-0.3, -0.25) is 9.59 Å². The summed E-state index contributed by atoms with van der Waals surface area (Å²) in [5, 5.41) is 2.92. The minimum atomic E-state index is -0.252. The van der Waals surface area contributed by atoms with E-state index in [0.717, 1.165) is 12.1 Å². The number of hydrogen-bond donors (Lipinski definition) is 1. The van der Waals surface area contributed by atoms with Crippen LogP contribution in [0.25, 0.3) is 0 Å². The predicted molar refractivity (Wildman–Crippen MR) is 111 cm³/mol. The molecular formula is C23H26FN3O2. The van der Waals surface area contributed by atoms with Gasteiger partial charge in [-0.1, -0.05) is 31.2 Å². The Morgan fingerprint density at radius 2 is 1.69 bits per heavy atom. The molecule has 0 bridgehead atoms. The summed E-state index contributed by atoms with van der Waals surface area (Å²) in [7, 11) is 0. The third-order valence-corrected chi connectivity index (χ3v) is 5.86. The number of benzene rings is 2. The molecule has 2 aliphatic rings. The van der Waals surface area contributed by atoms with Gasteiger partial charge in [-0.15, -0.1) is 0 Å². The maximum atomic E-state index is 14.0. The van der Waals surface area contributed by atoms with Crippen LogP contribution in [0, 0.1) is 17.7 Å². The molecule has 152 valence electrons. The molecule has 1 saturated carbocycles. The molecular weight excluding hydrogens is 369 g/mol. The van der Waals surface area contributed by atoms with Gasteiger partial charge in [-0.2, -0.15) is 0 Å². The monoisotopic (exact) mass is 395 g/mol. The van der Waals surface area contributed by atoms with Gasteiger partial charge in [0.05, 0.1) is 17.5 Å². The molecule has 2 aromatic carbocycles. The summed E-state index contributed by atoms with van der Waals surface area (Å²) in [6, 6.07) is 14.5. The average Bonchev–Trinajstić information content (AvgIpc) is 3.55. The number of carbonyl (C=O) groups is 2. The minimum absolute atomic E-state index is 0.0414. The molecule has 1 aliphatic carbocycles. The van der Waals surface area contributed by atoms with Gasteiger partial charge in [-0.25, -0.2) is 4.39 Å². The van der Waals surface area contributed by atoms with E-state index in [1.54, 1.807) is 12.1 Å². The van der Waals surface area contributed by atoms with Crippen molar-refractivity contribution < 1.29 is 14.0 Å². The van der Waals surface area contributed by atoms with Crippen molar-refractivity contribution in [1.29, 1.82) is 0 Å². The standard InChI is InChI=1S/C23H26FN3O2/c1-2-16-7-9-17(10-8-16)25-22(28)18-15-19(18)23(29)27-13-11-26(12-14-27)21-6-4-3-5-20(21)24/h3-10,18-19H,2,11-15H2,1H3,(H,25,28). The van der Waals surface area contributed by atoms with Crippen molar-refractivity contribution in [1.82, 2.24) is 4.90 Å². The lowest BCUT2D eigenvalue weighted by Gasteiger charge is -2.36. The molecule has 5 nitrogen and oxygen atoms in total. The van der Waals surface area contributed by atoms with E-state index in [4.69, 9.17) is 0 Å². The van der Waals surface area contributed by atoms with Gasteiger partial charge in [-0.05, 0) is 42.7 Å². The Balaban J connectivity index is 1.28. The lowest BCUT2D eigenvalue weighted by atomic mass is 10.1. The Kier molecular flexibility index (Phi) is 5.51. The van der Waals surface area contributed by atoms with Crippen LogP contribution in [0.5, 0.6) is 0 Å². The molecule has 4 rings (SSSR count). The zero-order valence-electron chi connectivity index (χ0n) is 16.6. The molecule has 2 amide bonds. The van der Waals surface area contributed by atoms with E-state index in [0.29, 0.717) is 38.3 Å². The number of carbonyl (C=O) groups excluding carboxylic acids is 2. The first-order valence-electron chi connectivity index (χ1n) is 10.2. The van der Waals surface area contributed by atoms with Gasteiger partial charge in [0, 0.05) is 31.9 Å². The Morgan fingerprint density at radius 3 is 2.34 bits per heavy atom. The Hall–Kier alpha value is -2.89. The lowest BCUT2D eigenvalue weighted by Crippen LogP contribution is -2.49. The van der Waals surface area contributed by atoms with Crippen molar-refractivity contribution in [3.8, 4) is 0 Å². The van der Waals surface area contributed by atoms with E-state index in [-0.39, 0.29) is 29.5 Å². The molecule has 2 aromatic rings. The Labute approximate surface area is 170 Å². The van der Waals surface area contributed by atoms with E-state index in [9.17, 15) is 14.0 Å². The number of hydrogen-bond acceptors (Lipinski definition) is 3. The van der Waals surface area contributed by atoms with E-state index in [1.165, 1.54) is 11.6 Å². The van der Waals surface area contributed by atoms with Crippen molar-refractivity contribution in [3.63, 3.8) is 0 Å². The zero-order chi connectivity index (χ0) is 20.4. The number of aryl methyl sites for hydroxylation is 1. The minimum Gasteiger partial charge on any atom is -0.366 e. The number of nitrogens with one attached hydrogen (secondary N) is 1. The molecule has 1 saturated heterocycles. The van der Waals surface area contributed by atoms with Gasteiger partial charge < -0.3 is 15.1 Å². The van der Waals surface area contributed by atoms with Crippen molar-refractivity contribution in [2.45, 2.75) is 19.8 Å². The predicted octanol–water partition coefficient (Wildman–Crippen LogP) is 3.31. The summed E-state index contributed by atoms with van der Waals surface area (Å²) < 4.78 is 14.0. The van der Waals surface area contributed by atoms with E-state index in [2.05, 4.69) is 12.2 Å². The topological polar surface area (TPSA) is 52.7 Å². The second-order valence-electron chi connectivity index (χ2n) is 7.75. The van der Waals surface area contributed by atoms with Crippen molar-refractivity contribution in [2.24, 2.45) is 11.8 Å². The largest absolute Gasteiger partial charge is 0.366 e. The first kappa shape index (κ1) is 19.4. The molecule has 2 atom stereocenters. The third kappa shape index (κ3) is 4.26. The summed E-state index contributed by atoms with van der Waals surface area (Å²) in [5.41, 5.74) is 2.57. The van der Waals surface area contributed by atoms with E-state index < -0.39 is 0 Å². The SMILES string of the molecule is CCc1ccc(NC(=O)C2CC2C(=O)N2CCN(c3ccccc3F)CC2)cc1. The van der Waals surface area contributed by atoms with Crippen LogP contribution in [0.3, 0.4) is 0 Å². The fourth-order valence-corrected chi connectivity index (χ4v) is 3.93. The summed E-state index contributed by atoms with van der Waals surface area (Å²) >= 11 is 0. The van der Waals surface area contributed by atoms with Crippen LogP contribution in [-0.2, 0) is 16.0 Å². The molecule has 1 heterocycles. The number of halogens is 1. The third-order valence-electron chi connectivity index (χ3n) is 5.86. The van der Waals surface area contributed by atoms with Crippen molar-refractivity contribution >= 4 is 23.2 Å². The van der Waals surface area contributed by atoms with Gasteiger partial charge in [0.2, 0.25) is 11.8 Å². The molecule has 1 N–H and O–H groups in total. The first-order valence-corrected chi connectivity index (χ1v) is 10.2. The molecule has 1 aliphatic heterocycles. The van der Waals surface area contributed by atoms with Crippen molar-refractivity contribution in [3.05, 3.63) is 59.9 Å². The number of rotatable bonds is 5. The second-order valence-corrected chi connectivity index (χ2v) is 7.75. The summed E-state index contributed by atoms with van der Waals surface area (Å²) in [5.74, 6) is -0.765. The summed E-state index contributed by atoms with van der Waals surface area (Å²) in [6.45, 7) is 4.39. The fourth-order valence-electron chi connectivity index (χ4n) is 3.93. The van der Waals surface area contributed by atoms with E-state index in [1.807, 2.05) is 40.1 Å². The quantitative estimate of drug-likeness (QED) is 0.845. The fraction of sp³-hybridized carbons (Fsp3) is 0.391. The Bertz CT molecular complexity index is 891. The van der Waals surface area contributed by atoms with Gasteiger partial charge in [0.15, 0.2) is 0 Å². The molecule has 2 fully saturated rings. The van der Waals surface area contributed by atoms with Crippen LogP contribution in [0.1, 0.15) is 18.9 Å². The molecule has 2 unspecified atom stereocenters. The van der Waals surface area contributed by atoms with Gasteiger partial charge >= 0.3 is 0 Å². The van der Waals surface area contributed by atoms with Gasteiger partial charge in [0.1, 0.15) is 5.82 Å². The number of amides is 2. The second kappa shape index (κ2) is 8.23. The first-order chi connectivity index (χ1) is 14.1. The average molecular weight is 395 g/mol. The number of para-hydroxylation sites is 1. The molecule has 0 spiro atoms. The molecule has 6 heteroatoms. The van der Waals surface area contributed by atoms with Crippen molar-refractivity contribution in [2.75, 3.05) is 36.4 Å². The normalized spacial score (nSPS) is 21.0. The van der Waals surface area contributed by atoms with Crippen LogP contribution in [0.15, 0.2) is 48.5 Å². The smallest absolute Gasteiger partial charge is 0.228 e. The highest BCUT2D eigenvalue weighted by molar-refractivity contribution is 5.99. The number of anilines is 2. The highest BCUT2D eigenvalue weighted by Crippen LogP contribution is 2.41. The van der Waals surface area contributed by atoms with Gasteiger partial charge in [0.25, 0.3) is 0 Å².